The molecule has 0 spiro atoms. The summed E-state index contributed by atoms with van der Waals surface area (Å²) in [6.45, 7) is 0. The SMILES string of the molecule is COc1ccc(/C=C/C(=O)c2ccc3oc(-c4ccc(OC)cc4)cc(=O)c3c2)cc1. The molecule has 5 heteroatoms. The first-order chi connectivity index (χ1) is 15.1. The van der Waals surface area contributed by atoms with Gasteiger partial charge < -0.3 is 13.9 Å². The van der Waals surface area contributed by atoms with Crippen LogP contribution in [0, 0.1) is 0 Å². The summed E-state index contributed by atoms with van der Waals surface area (Å²) in [5.74, 6) is 1.73. The summed E-state index contributed by atoms with van der Waals surface area (Å²) in [6, 6.07) is 20.9. The fourth-order valence-electron chi connectivity index (χ4n) is 3.19. The molecule has 1 aromatic heterocycles. The van der Waals surface area contributed by atoms with Crippen LogP contribution in [0.1, 0.15) is 15.9 Å². The number of methoxy groups -OCH3 is 2. The third-order valence-electron chi connectivity index (χ3n) is 4.93. The van der Waals surface area contributed by atoms with Crippen molar-refractivity contribution in [3.05, 3.63) is 100 Å². The molecule has 31 heavy (non-hydrogen) atoms. The highest BCUT2D eigenvalue weighted by Gasteiger charge is 2.10. The van der Waals surface area contributed by atoms with E-state index in [4.69, 9.17) is 13.9 Å². The van der Waals surface area contributed by atoms with Crippen LogP contribution in [0.5, 0.6) is 11.5 Å². The Morgan fingerprint density at radius 1 is 0.839 bits per heavy atom. The Bertz CT molecular complexity index is 1310. The van der Waals surface area contributed by atoms with Crippen molar-refractivity contribution in [1.29, 1.82) is 0 Å². The summed E-state index contributed by atoms with van der Waals surface area (Å²) >= 11 is 0. The van der Waals surface area contributed by atoms with E-state index in [9.17, 15) is 9.59 Å². The molecule has 0 N–H and O–H groups in total. The van der Waals surface area contributed by atoms with E-state index in [2.05, 4.69) is 0 Å². The highest BCUT2D eigenvalue weighted by Crippen LogP contribution is 2.25. The average molecular weight is 412 g/mol. The fraction of sp³-hybridized carbons (Fsp3) is 0.0769. The van der Waals surface area contributed by atoms with Crippen LogP contribution in [0.15, 0.2) is 88.1 Å². The standard InChI is InChI=1S/C26H20O5/c1-29-20-9-3-17(4-10-20)5-13-23(27)19-8-14-25-22(15-19)24(28)16-26(31-25)18-6-11-21(30-2)12-7-18/h3-16H,1-2H3/b13-5+. The van der Waals surface area contributed by atoms with Gasteiger partial charge in [0.05, 0.1) is 19.6 Å². The van der Waals surface area contributed by atoms with Crippen molar-refractivity contribution in [2.75, 3.05) is 14.2 Å². The van der Waals surface area contributed by atoms with Crippen LogP contribution < -0.4 is 14.9 Å². The van der Waals surface area contributed by atoms with E-state index in [1.165, 1.54) is 12.1 Å². The van der Waals surface area contributed by atoms with Gasteiger partial charge in [0.2, 0.25) is 0 Å². The lowest BCUT2D eigenvalue weighted by molar-refractivity contribution is 0.104. The monoisotopic (exact) mass is 412 g/mol. The van der Waals surface area contributed by atoms with Crippen LogP contribution in [-0.4, -0.2) is 20.0 Å². The Morgan fingerprint density at radius 2 is 1.48 bits per heavy atom. The molecule has 0 saturated carbocycles. The Balaban J connectivity index is 1.61. The first kappa shape index (κ1) is 20.2. The van der Waals surface area contributed by atoms with Gasteiger partial charge in [-0.2, -0.15) is 0 Å². The van der Waals surface area contributed by atoms with Crippen LogP contribution in [0.25, 0.3) is 28.4 Å². The number of fused-ring (bicyclic) bond motifs is 1. The Morgan fingerprint density at radius 3 is 2.13 bits per heavy atom. The first-order valence-electron chi connectivity index (χ1n) is 9.66. The number of carbonyl (C=O) groups is 1. The summed E-state index contributed by atoms with van der Waals surface area (Å²) in [7, 11) is 3.20. The highest BCUT2D eigenvalue weighted by molar-refractivity contribution is 6.08. The molecule has 4 rings (SSSR count). The number of hydrogen-bond acceptors (Lipinski definition) is 5. The number of ketones is 1. The maximum atomic E-state index is 12.7. The molecule has 0 atom stereocenters. The van der Waals surface area contributed by atoms with Gasteiger partial charge in [-0.3, -0.25) is 9.59 Å². The number of allylic oxidation sites excluding steroid dienone is 1. The van der Waals surface area contributed by atoms with Crippen molar-refractivity contribution in [2.45, 2.75) is 0 Å². The number of rotatable bonds is 6. The van der Waals surface area contributed by atoms with Gasteiger partial charge in [-0.1, -0.05) is 18.2 Å². The van der Waals surface area contributed by atoms with Gasteiger partial charge >= 0.3 is 0 Å². The van der Waals surface area contributed by atoms with Crippen LogP contribution in [0.3, 0.4) is 0 Å². The molecular weight excluding hydrogens is 392 g/mol. The molecule has 0 aliphatic rings. The van der Waals surface area contributed by atoms with E-state index in [0.29, 0.717) is 22.3 Å². The van der Waals surface area contributed by atoms with Crippen molar-refractivity contribution in [2.24, 2.45) is 0 Å². The predicted molar refractivity (Wildman–Crippen MR) is 121 cm³/mol. The molecule has 154 valence electrons. The number of carbonyl (C=O) groups excluding carboxylic acids is 1. The van der Waals surface area contributed by atoms with Crippen LogP contribution >= 0.6 is 0 Å². The minimum Gasteiger partial charge on any atom is -0.497 e. The molecule has 5 nitrogen and oxygen atoms in total. The highest BCUT2D eigenvalue weighted by atomic mass is 16.5. The summed E-state index contributed by atoms with van der Waals surface area (Å²) in [6.07, 6.45) is 3.21. The van der Waals surface area contributed by atoms with E-state index in [-0.39, 0.29) is 11.2 Å². The van der Waals surface area contributed by atoms with Gasteiger partial charge in [-0.05, 0) is 66.2 Å². The molecule has 1 heterocycles. The molecule has 0 aliphatic heterocycles. The minimum absolute atomic E-state index is 0.198. The van der Waals surface area contributed by atoms with E-state index in [1.807, 2.05) is 36.4 Å². The molecule has 0 aliphatic carbocycles. The number of ether oxygens (including phenoxy) is 2. The average Bonchev–Trinajstić information content (AvgIpc) is 2.82. The lowest BCUT2D eigenvalue weighted by Crippen LogP contribution is -2.03. The third-order valence-corrected chi connectivity index (χ3v) is 4.93. The largest absolute Gasteiger partial charge is 0.497 e. The van der Waals surface area contributed by atoms with Crippen molar-refractivity contribution < 1.29 is 18.7 Å². The van der Waals surface area contributed by atoms with Crippen molar-refractivity contribution >= 4 is 22.8 Å². The second-order valence-electron chi connectivity index (χ2n) is 6.89. The molecule has 0 unspecified atom stereocenters. The second kappa shape index (κ2) is 8.71. The number of hydrogen-bond donors (Lipinski definition) is 0. The van der Waals surface area contributed by atoms with Crippen molar-refractivity contribution in [3.8, 4) is 22.8 Å². The minimum atomic E-state index is -0.208. The Labute approximate surface area is 179 Å². The van der Waals surface area contributed by atoms with Gasteiger partial charge in [0.25, 0.3) is 0 Å². The molecule has 0 fully saturated rings. The van der Waals surface area contributed by atoms with Gasteiger partial charge in [-0.15, -0.1) is 0 Å². The maximum Gasteiger partial charge on any atom is 0.193 e. The molecule has 0 bridgehead atoms. The van der Waals surface area contributed by atoms with Crippen molar-refractivity contribution in [1.82, 2.24) is 0 Å². The lowest BCUT2D eigenvalue weighted by atomic mass is 10.1. The Hall–Kier alpha value is -4.12. The topological polar surface area (TPSA) is 65.7 Å². The van der Waals surface area contributed by atoms with Gasteiger partial charge in [0, 0.05) is 17.2 Å². The summed E-state index contributed by atoms with van der Waals surface area (Å²) in [5, 5.41) is 0.362. The predicted octanol–water partition coefficient (Wildman–Crippen LogP) is 5.37. The van der Waals surface area contributed by atoms with Gasteiger partial charge in [-0.25, -0.2) is 0 Å². The van der Waals surface area contributed by atoms with Crippen LogP contribution in [-0.2, 0) is 0 Å². The van der Waals surface area contributed by atoms with Crippen molar-refractivity contribution in [3.63, 3.8) is 0 Å². The zero-order chi connectivity index (χ0) is 21.8. The maximum absolute atomic E-state index is 12.7. The fourth-order valence-corrected chi connectivity index (χ4v) is 3.19. The lowest BCUT2D eigenvalue weighted by Gasteiger charge is -2.05. The van der Waals surface area contributed by atoms with Gasteiger partial charge in [0.15, 0.2) is 11.2 Å². The summed E-state index contributed by atoms with van der Waals surface area (Å²) in [5.41, 5.74) is 2.28. The molecule has 0 radical (unpaired) electrons. The normalized spacial score (nSPS) is 11.0. The summed E-state index contributed by atoms with van der Waals surface area (Å²) in [4.78, 5) is 25.3. The summed E-state index contributed by atoms with van der Waals surface area (Å²) < 4.78 is 16.2. The Kier molecular flexibility index (Phi) is 5.67. The van der Waals surface area contributed by atoms with Crippen LogP contribution in [0.2, 0.25) is 0 Å². The zero-order valence-electron chi connectivity index (χ0n) is 17.1. The van der Waals surface area contributed by atoms with Gasteiger partial charge in [0.1, 0.15) is 22.8 Å². The zero-order valence-corrected chi connectivity index (χ0v) is 17.1. The quantitative estimate of drug-likeness (QED) is 0.314. The van der Waals surface area contributed by atoms with E-state index in [0.717, 1.165) is 22.6 Å². The molecule has 0 amide bonds. The molecule has 3 aromatic carbocycles. The van der Waals surface area contributed by atoms with E-state index < -0.39 is 0 Å². The molecule has 4 aromatic rings. The third kappa shape index (κ3) is 4.41. The molecule has 0 saturated heterocycles. The van der Waals surface area contributed by atoms with E-state index in [1.54, 1.807) is 50.6 Å². The molecular formula is C26H20O5. The van der Waals surface area contributed by atoms with E-state index >= 15 is 0 Å². The number of benzene rings is 3. The second-order valence-corrected chi connectivity index (χ2v) is 6.89. The van der Waals surface area contributed by atoms with Crippen LogP contribution in [0.4, 0.5) is 0 Å². The smallest absolute Gasteiger partial charge is 0.193 e. The first-order valence-corrected chi connectivity index (χ1v) is 9.66.